The SMILES string of the molecule is O=C(O)c1coc(C(=O)NCc2ccc(Cl)cc2)c1. The van der Waals surface area contributed by atoms with E-state index in [1.165, 1.54) is 6.07 Å². The first kappa shape index (κ1) is 13.2. The van der Waals surface area contributed by atoms with Crippen LogP contribution in [-0.4, -0.2) is 17.0 Å². The molecular formula is C13H10ClNO4. The van der Waals surface area contributed by atoms with Crippen molar-refractivity contribution in [2.75, 3.05) is 0 Å². The summed E-state index contributed by atoms with van der Waals surface area (Å²) in [6.45, 7) is 0.305. The lowest BCUT2D eigenvalue weighted by atomic mass is 10.2. The number of carboxylic acid groups (broad SMARTS) is 1. The Hall–Kier alpha value is -2.27. The number of nitrogens with one attached hydrogen (secondary N) is 1. The third kappa shape index (κ3) is 3.35. The number of benzene rings is 1. The van der Waals surface area contributed by atoms with Gasteiger partial charge in [-0.15, -0.1) is 0 Å². The summed E-state index contributed by atoms with van der Waals surface area (Å²) in [6.07, 6.45) is 1.03. The molecule has 0 bridgehead atoms. The fourth-order valence-corrected chi connectivity index (χ4v) is 1.57. The van der Waals surface area contributed by atoms with E-state index in [1.54, 1.807) is 24.3 Å². The van der Waals surface area contributed by atoms with Crippen molar-refractivity contribution in [1.82, 2.24) is 5.32 Å². The average molecular weight is 280 g/mol. The molecule has 1 aromatic heterocycles. The lowest BCUT2D eigenvalue weighted by molar-refractivity contribution is 0.0696. The zero-order valence-corrected chi connectivity index (χ0v) is 10.5. The number of hydrogen-bond acceptors (Lipinski definition) is 3. The normalized spacial score (nSPS) is 10.2. The van der Waals surface area contributed by atoms with Crippen LogP contribution < -0.4 is 5.32 Å². The fraction of sp³-hybridized carbons (Fsp3) is 0.0769. The second-order valence-electron chi connectivity index (χ2n) is 3.81. The largest absolute Gasteiger partial charge is 0.478 e. The van der Waals surface area contributed by atoms with Crippen LogP contribution in [0.2, 0.25) is 5.02 Å². The van der Waals surface area contributed by atoms with Crippen molar-refractivity contribution in [1.29, 1.82) is 0 Å². The molecule has 0 radical (unpaired) electrons. The second kappa shape index (κ2) is 5.58. The molecule has 2 rings (SSSR count). The Morgan fingerprint density at radius 3 is 2.53 bits per heavy atom. The van der Waals surface area contributed by atoms with Gasteiger partial charge in [0.05, 0.1) is 5.56 Å². The van der Waals surface area contributed by atoms with Gasteiger partial charge >= 0.3 is 5.97 Å². The smallest absolute Gasteiger partial charge is 0.338 e. The number of halogens is 1. The molecule has 0 spiro atoms. The van der Waals surface area contributed by atoms with Crippen LogP contribution in [0.1, 0.15) is 26.5 Å². The first-order valence-electron chi connectivity index (χ1n) is 5.41. The highest BCUT2D eigenvalue weighted by Gasteiger charge is 2.14. The highest BCUT2D eigenvalue weighted by molar-refractivity contribution is 6.30. The van der Waals surface area contributed by atoms with Crippen LogP contribution in [0.3, 0.4) is 0 Å². The van der Waals surface area contributed by atoms with Gasteiger partial charge in [0.15, 0.2) is 5.76 Å². The highest BCUT2D eigenvalue weighted by Crippen LogP contribution is 2.10. The van der Waals surface area contributed by atoms with Gasteiger partial charge < -0.3 is 14.8 Å². The number of carbonyl (C=O) groups excluding carboxylic acids is 1. The van der Waals surface area contributed by atoms with E-state index in [4.69, 9.17) is 21.1 Å². The van der Waals surface area contributed by atoms with E-state index in [2.05, 4.69) is 5.32 Å². The summed E-state index contributed by atoms with van der Waals surface area (Å²) >= 11 is 5.74. The number of amides is 1. The zero-order valence-electron chi connectivity index (χ0n) is 9.72. The van der Waals surface area contributed by atoms with Gasteiger partial charge in [-0.05, 0) is 17.7 Å². The van der Waals surface area contributed by atoms with Crippen LogP contribution >= 0.6 is 11.6 Å². The maximum Gasteiger partial charge on any atom is 0.338 e. The lowest BCUT2D eigenvalue weighted by Crippen LogP contribution is -2.22. The fourth-order valence-electron chi connectivity index (χ4n) is 1.44. The van der Waals surface area contributed by atoms with E-state index in [1.807, 2.05) is 0 Å². The van der Waals surface area contributed by atoms with Crippen molar-refractivity contribution in [2.45, 2.75) is 6.54 Å². The van der Waals surface area contributed by atoms with Crippen molar-refractivity contribution in [2.24, 2.45) is 0 Å². The molecule has 0 saturated heterocycles. The number of furan rings is 1. The molecule has 2 N–H and O–H groups in total. The molecule has 0 unspecified atom stereocenters. The molecule has 1 amide bonds. The highest BCUT2D eigenvalue weighted by atomic mass is 35.5. The molecule has 98 valence electrons. The molecule has 1 heterocycles. The number of aromatic carboxylic acids is 1. The van der Waals surface area contributed by atoms with Gasteiger partial charge in [0.2, 0.25) is 0 Å². The van der Waals surface area contributed by atoms with Crippen LogP contribution in [0.25, 0.3) is 0 Å². The minimum absolute atomic E-state index is 0.0358. The summed E-state index contributed by atoms with van der Waals surface area (Å²) in [5.74, 6) is -1.64. The van der Waals surface area contributed by atoms with E-state index >= 15 is 0 Å². The molecular weight excluding hydrogens is 270 g/mol. The van der Waals surface area contributed by atoms with E-state index in [0.29, 0.717) is 11.6 Å². The summed E-state index contributed by atoms with van der Waals surface area (Å²) in [5.41, 5.74) is 0.819. The Labute approximate surface area is 113 Å². The number of carbonyl (C=O) groups is 2. The summed E-state index contributed by atoms with van der Waals surface area (Å²) in [5, 5.41) is 11.9. The molecule has 6 heteroatoms. The van der Waals surface area contributed by atoms with Crippen LogP contribution in [-0.2, 0) is 6.54 Å². The van der Waals surface area contributed by atoms with Crippen molar-refractivity contribution >= 4 is 23.5 Å². The maximum absolute atomic E-state index is 11.7. The first-order valence-corrected chi connectivity index (χ1v) is 5.78. The molecule has 0 aliphatic heterocycles. The Morgan fingerprint density at radius 1 is 1.26 bits per heavy atom. The van der Waals surface area contributed by atoms with E-state index in [0.717, 1.165) is 11.8 Å². The van der Waals surface area contributed by atoms with Gasteiger partial charge in [0.1, 0.15) is 6.26 Å². The van der Waals surface area contributed by atoms with Crippen molar-refractivity contribution in [3.05, 3.63) is 58.5 Å². The standard InChI is InChI=1S/C13H10ClNO4/c14-10-3-1-8(2-4-10)6-15-12(16)11-5-9(7-19-11)13(17)18/h1-5,7H,6H2,(H,15,16)(H,17,18). The number of rotatable bonds is 4. The minimum Gasteiger partial charge on any atom is -0.478 e. The van der Waals surface area contributed by atoms with E-state index in [-0.39, 0.29) is 11.3 Å². The molecule has 0 aliphatic rings. The van der Waals surface area contributed by atoms with Crippen molar-refractivity contribution in [3.63, 3.8) is 0 Å². The molecule has 5 nitrogen and oxygen atoms in total. The molecule has 0 saturated carbocycles. The van der Waals surface area contributed by atoms with Crippen LogP contribution in [0.5, 0.6) is 0 Å². The Kier molecular flexibility index (Phi) is 3.87. The predicted molar refractivity (Wildman–Crippen MR) is 68.3 cm³/mol. The van der Waals surface area contributed by atoms with Gasteiger partial charge in [-0.2, -0.15) is 0 Å². The zero-order chi connectivity index (χ0) is 13.8. The maximum atomic E-state index is 11.7. The van der Waals surface area contributed by atoms with Crippen LogP contribution in [0.4, 0.5) is 0 Å². The van der Waals surface area contributed by atoms with Gasteiger partial charge in [-0.25, -0.2) is 4.79 Å². The van der Waals surface area contributed by atoms with Gasteiger partial charge in [-0.3, -0.25) is 4.79 Å². The quantitative estimate of drug-likeness (QED) is 0.901. The topological polar surface area (TPSA) is 79.5 Å². The Bertz CT molecular complexity index is 603. The van der Waals surface area contributed by atoms with Crippen molar-refractivity contribution in [3.8, 4) is 0 Å². The molecule has 2 aromatic rings. The van der Waals surface area contributed by atoms with Gasteiger partial charge in [-0.1, -0.05) is 23.7 Å². The average Bonchev–Trinajstić information content (AvgIpc) is 2.87. The van der Waals surface area contributed by atoms with Crippen molar-refractivity contribution < 1.29 is 19.1 Å². The molecule has 0 fully saturated rings. The molecule has 0 aliphatic carbocycles. The monoisotopic (exact) mass is 279 g/mol. The van der Waals surface area contributed by atoms with Crippen LogP contribution in [0, 0.1) is 0 Å². The van der Waals surface area contributed by atoms with E-state index in [9.17, 15) is 9.59 Å². The molecule has 0 atom stereocenters. The molecule has 19 heavy (non-hydrogen) atoms. The van der Waals surface area contributed by atoms with Gasteiger partial charge in [0.25, 0.3) is 5.91 Å². The molecule has 1 aromatic carbocycles. The summed E-state index contributed by atoms with van der Waals surface area (Å²) in [4.78, 5) is 22.3. The Morgan fingerprint density at radius 2 is 1.95 bits per heavy atom. The second-order valence-corrected chi connectivity index (χ2v) is 4.25. The van der Waals surface area contributed by atoms with Crippen LogP contribution in [0.15, 0.2) is 41.0 Å². The summed E-state index contributed by atoms with van der Waals surface area (Å²) in [7, 11) is 0. The summed E-state index contributed by atoms with van der Waals surface area (Å²) in [6, 6.07) is 8.19. The first-order chi connectivity index (χ1) is 9.06. The third-order valence-electron chi connectivity index (χ3n) is 2.44. The predicted octanol–water partition coefficient (Wildman–Crippen LogP) is 2.56. The number of carboxylic acids is 1. The third-order valence-corrected chi connectivity index (χ3v) is 2.69. The summed E-state index contributed by atoms with van der Waals surface area (Å²) < 4.78 is 4.88. The number of hydrogen-bond donors (Lipinski definition) is 2. The minimum atomic E-state index is -1.14. The van der Waals surface area contributed by atoms with E-state index < -0.39 is 11.9 Å². The van der Waals surface area contributed by atoms with Gasteiger partial charge in [0, 0.05) is 17.6 Å². The lowest BCUT2D eigenvalue weighted by Gasteiger charge is -2.03. The Balaban J connectivity index is 1.97.